The fraction of sp³-hybridized carbons (Fsp3) is 0.276. The third kappa shape index (κ3) is 4.00. The smallest absolute Gasteiger partial charge is 0.296 e. The van der Waals surface area contributed by atoms with E-state index in [9.17, 15) is 9.59 Å². The van der Waals surface area contributed by atoms with Gasteiger partial charge in [0.2, 0.25) is 5.76 Å². The summed E-state index contributed by atoms with van der Waals surface area (Å²) in [7, 11) is 1.57. The molecule has 2 aromatic carbocycles. The number of carbonyl (C=O) groups excluding carboxylic acids is 1. The second-order valence-electron chi connectivity index (χ2n) is 9.56. The lowest BCUT2D eigenvalue weighted by atomic mass is 9.97. The Balaban J connectivity index is 1.73. The molecule has 0 radical (unpaired) electrons. The average Bonchev–Trinajstić information content (AvgIpc) is 3.16. The number of aromatic nitrogens is 1. The van der Waals surface area contributed by atoms with Crippen LogP contribution in [0, 0.1) is 19.8 Å². The summed E-state index contributed by atoms with van der Waals surface area (Å²) in [5, 5.41) is 0.439. The summed E-state index contributed by atoms with van der Waals surface area (Å²) in [5.74, 6) is 1.51. The zero-order valence-electron chi connectivity index (χ0n) is 21.0. The lowest BCUT2D eigenvalue weighted by molar-refractivity contribution is 0.0970. The Kier molecular flexibility index (Phi) is 6.00. The number of fused-ring (bicyclic) bond motifs is 2. The van der Waals surface area contributed by atoms with Crippen LogP contribution in [0.5, 0.6) is 11.5 Å². The van der Waals surface area contributed by atoms with Crippen LogP contribution >= 0.6 is 0 Å². The minimum atomic E-state index is -0.739. The van der Waals surface area contributed by atoms with Crippen LogP contribution in [-0.4, -0.2) is 24.6 Å². The van der Waals surface area contributed by atoms with Gasteiger partial charge in [-0.05, 0) is 61.2 Å². The van der Waals surface area contributed by atoms with Gasteiger partial charge in [-0.15, -0.1) is 0 Å². The number of methoxy groups -OCH3 is 1. The number of carbonyl (C=O) groups is 1. The zero-order chi connectivity index (χ0) is 25.6. The summed E-state index contributed by atoms with van der Waals surface area (Å²) in [6.45, 7) is 8.52. The van der Waals surface area contributed by atoms with Crippen molar-refractivity contribution < 1.29 is 18.7 Å². The van der Waals surface area contributed by atoms with E-state index in [0.29, 0.717) is 51.9 Å². The van der Waals surface area contributed by atoms with Crippen LogP contribution in [-0.2, 0) is 0 Å². The topological polar surface area (TPSA) is 81.9 Å². The van der Waals surface area contributed by atoms with Gasteiger partial charge in [0.15, 0.2) is 16.9 Å². The van der Waals surface area contributed by atoms with Crippen molar-refractivity contribution in [3.63, 3.8) is 0 Å². The second kappa shape index (κ2) is 9.15. The lowest BCUT2D eigenvalue weighted by Crippen LogP contribution is -2.30. The van der Waals surface area contributed by atoms with Crippen LogP contribution < -0.4 is 19.8 Å². The van der Waals surface area contributed by atoms with Crippen molar-refractivity contribution in [1.82, 2.24) is 4.98 Å². The number of nitrogens with zero attached hydrogens (tertiary/aromatic N) is 2. The van der Waals surface area contributed by atoms with E-state index in [1.54, 1.807) is 31.5 Å². The number of benzene rings is 2. The number of pyridine rings is 1. The number of aryl methyl sites for hydroxylation is 2. The van der Waals surface area contributed by atoms with Crippen LogP contribution in [0.15, 0.2) is 63.9 Å². The van der Waals surface area contributed by atoms with Crippen molar-refractivity contribution in [3.8, 4) is 11.5 Å². The highest BCUT2D eigenvalue weighted by Gasteiger charge is 2.44. The molecule has 0 saturated carbocycles. The quantitative estimate of drug-likeness (QED) is 0.354. The Labute approximate surface area is 209 Å². The van der Waals surface area contributed by atoms with Crippen molar-refractivity contribution >= 4 is 22.7 Å². The van der Waals surface area contributed by atoms with Crippen molar-refractivity contribution in [2.24, 2.45) is 5.92 Å². The molecule has 0 bridgehead atoms. The van der Waals surface area contributed by atoms with Gasteiger partial charge < -0.3 is 13.9 Å². The standard InChI is InChI=1S/C29H28N2O5/c1-16(2)15-35-22-10-8-19(13-23(22)34-5)26-25-27(32)20-12-17(3)6-9-21(20)36-28(25)29(33)31(26)24-11-7-18(4)14-30-24/h6-14,16,26H,15H2,1-5H3. The van der Waals surface area contributed by atoms with Crippen LogP contribution in [0.1, 0.15) is 52.7 Å². The first-order valence-corrected chi connectivity index (χ1v) is 11.9. The maximum atomic E-state index is 13.8. The average molecular weight is 485 g/mol. The molecule has 7 heteroatoms. The van der Waals surface area contributed by atoms with Crippen LogP contribution in [0.2, 0.25) is 0 Å². The monoisotopic (exact) mass is 484 g/mol. The first-order chi connectivity index (χ1) is 17.3. The number of hydrogen-bond donors (Lipinski definition) is 0. The molecule has 1 atom stereocenters. The number of rotatable bonds is 6. The van der Waals surface area contributed by atoms with Gasteiger partial charge in [0.1, 0.15) is 11.4 Å². The van der Waals surface area contributed by atoms with Gasteiger partial charge in [-0.2, -0.15) is 0 Å². The zero-order valence-corrected chi connectivity index (χ0v) is 21.0. The minimum absolute atomic E-state index is 0.0304. The summed E-state index contributed by atoms with van der Waals surface area (Å²) in [6.07, 6.45) is 1.70. The Morgan fingerprint density at radius 2 is 1.78 bits per heavy atom. The van der Waals surface area contributed by atoms with Crippen molar-refractivity contribution in [2.75, 3.05) is 18.6 Å². The summed E-state index contributed by atoms with van der Waals surface area (Å²) < 4.78 is 17.6. The summed E-state index contributed by atoms with van der Waals surface area (Å²) >= 11 is 0. The van der Waals surface area contributed by atoms with Gasteiger partial charge in [0, 0.05) is 6.20 Å². The molecule has 5 rings (SSSR count). The molecule has 0 spiro atoms. The van der Waals surface area contributed by atoms with Crippen LogP contribution in [0.25, 0.3) is 11.0 Å². The van der Waals surface area contributed by atoms with E-state index in [4.69, 9.17) is 13.9 Å². The summed E-state index contributed by atoms with van der Waals surface area (Å²) in [5.41, 5.74) is 3.02. The highest BCUT2D eigenvalue weighted by Crippen LogP contribution is 2.42. The molecule has 1 aliphatic rings. The van der Waals surface area contributed by atoms with Gasteiger partial charge in [-0.1, -0.05) is 37.6 Å². The first kappa shape index (κ1) is 23.6. The lowest BCUT2D eigenvalue weighted by Gasteiger charge is -2.25. The first-order valence-electron chi connectivity index (χ1n) is 11.9. The molecule has 1 amide bonds. The third-order valence-corrected chi connectivity index (χ3v) is 6.24. The molecule has 0 fully saturated rings. The van der Waals surface area contributed by atoms with Gasteiger partial charge in [0.05, 0.1) is 30.7 Å². The van der Waals surface area contributed by atoms with E-state index >= 15 is 0 Å². The second-order valence-corrected chi connectivity index (χ2v) is 9.56. The highest BCUT2D eigenvalue weighted by atomic mass is 16.5. The largest absolute Gasteiger partial charge is 0.493 e. The Hall–Kier alpha value is -4.13. The number of hydrogen-bond acceptors (Lipinski definition) is 6. The van der Waals surface area contributed by atoms with E-state index in [2.05, 4.69) is 18.8 Å². The van der Waals surface area contributed by atoms with Crippen molar-refractivity contribution in [1.29, 1.82) is 0 Å². The van der Waals surface area contributed by atoms with E-state index < -0.39 is 11.9 Å². The molecule has 36 heavy (non-hydrogen) atoms. The normalized spacial score (nSPS) is 15.0. The molecule has 0 aliphatic carbocycles. The molecular weight excluding hydrogens is 456 g/mol. The van der Waals surface area contributed by atoms with Gasteiger partial charge in [0.25, 0.3) is 5.91 Å². The third-order valence-electron chi connectivity index (χ3n) is 6.24. The van der Waals surface area contributed by atoms with E-state index in [1.807, 2.05) is 44.2 Å². The highest BCUT2D eigenvalue weighted by molar-refractivity contribution is 6.10. The van der Waals surface area contributed by atoms with E-state index in [1.165, 1.54) is 4.90 Å². The molecule has 0 saturated heterocycles. The Morgan fingerprint density at radius 1 is 1.00 bits per heavy atom. The molecule has 1 unspecified atom stereocenters. The maximum absolute atomic E-state index is 13.8. The fourth-order valence-electron chi connectivity index (χ4n) is 4.47. The SMILES string of the molecule is COc1cc(C2c3c(oc4ccc(C)cc4c3=O)C(=O)N2c2ccc(C)cn2)ccc1OCC(C)C. The molecule has 3 heterocycles. The molecule has 0 N–H and O–H groups in total. The minimum Gasteiger partial charge on any atom is -0.493 e. The van der Waals surface area contributed by atoms with E-state index in [-0.39, 0.29) is 11.2 Å². The predicted octanol–water partition coefficient (Wildman–Crippen LogP) is 5.60. The molecular formula is C29H28N2O5. The van der Waals surface area contributed by atoms with Crippen LogP contribution in [0.4, 0.5) is 5.82 Å². The van der Waals surface area contributed by atoms with Gasteiger partial charge >= 0.3 is 0 Å². The summed E-state index contributed by atoms with van der Waals surface area (Å²) in [6, 6.07) is 13.8. The maximum Gasteiger partial charge on any atom is 0.296 e. The molecule has 4 aromatic rings. The van der Waals surface area contributed by atoms with Gasteiger partial charge in [-0.3, -0.25) is 14.5 Å². The van der Waals surface area contributed by atoms with Gasteiger partial charge in [-0.25, -0.2) is 4.98 Å². The fourth-order valence-corrected chi connectivity index (χ4v) is 4.47. The predicted molar refractivity (Wildman–Crippen MR) is 138 cm³/mol. The molecule has 2 aromatic heterocycles. The van der Waals surface area contributed by atoms with Crippen molar-refractivity contribution in [2.45, 2.75) is 33.7 Å². The number of ether oxygens (including phenoxy) is 2. The van der Waals surface area contributed by atoms with E-state index in [0.717, 1.165) is 11.1 Å². The number of amides is 1. The number of anilines is 1. The van der Waals surface area contributed by atoms with Crippen LogP contribution in [0.3, 0.4) is 0 Å². The molecule has 184 valence electrons. The Morgan fingerprint density at radius 3 is 2.47 bits per heavy atom. The molecule has 7 nitrogen and oxygen atoms in total. The Bertz CT molecular complexity index is 1520. The van der Waals surface area contributed by atoms with Crippen molar-refractivity contribution in [3.05, 3.63) is 93.0 Å². The molecule has 1 aliphatic heterocycles. The summed E-state index contributed by atoms with van der Waals surface area (Å²) in [4.78, 5) is 33.6.